The van der Waals surface area contributed by atoms with Crippen molar-refractivity contribution in [3.8, 4) is 6.07 Å². The molecule has 0 aromatic carbocycles. The predicted octanol–water partition coefficient (Wildman–Crippen LogP) is 3.07. The fraction of sp³-hybridized carbons (Fsp3) is 0.867. The number of carbonyl (C=O) groups is 1. The van der Waals surface area contributed by atoms with E-state index in [9.17, 15) is 10.1 Å². The molecule has 0 spiro atoms. The summed E-state index contributed by atoms with van der Waals surface area (Å²) < 4.78 is 0. The Bertz CT molecular complexity index is 325. The second-order valence-corrected chi connectivity index (χ2v) is 6.71. The van der Waals surface area contributed by atoms with Crippen LogP contribution < -0.4 is 0 Å². The minimum absolute atomic E-state index is 0.0606. The third-order valence-electron chi connectivity index (χ3n) is 3.48. The van der Waals surface area contributed by atoms with Gasteiger partial charge < -0.3 is 4.90 Å². The quantitative estimate of drug-likeness (QED) is 0.752. The van der Waals surface area contributed by atoms with Gasteiger partial charge in [0.2, 0.25) is 5.91 Å². The van der Waals surface area contributed by atoms with E-state index in [0.29, 0.717) is 17.8 Å². The maximum absolute atomic E-state index is 12.6. The van der Waals surface area contributed by atoms with Crippen molar-refractivity contribution in [2.24, 2.45) is 23.2 Å². The monoisotopic (exact) mass is 250 g/mol. The van der Waals surface area contributed by atoms with E-state index in [4.69, 9.17) is 0 Å². The Morgan fingerprint density at radius 2 is 1.72 bits per heavy atom. The van der Waals surface area contributed by atoms with Gasteiger partial charge in [-0.25, -0.2) is 0 Å². The first-order chi connectivity index (χ1) is 8.30. The Balaban J connectivity index is 2.78. The van der Waals surface area contributed by atoms with Gasteiger partial charge in [-0.3, -0.25) is 4.79 Å². The summed E-state index contributed by atoms with van der Waals surface area (Å²) in [4.78, 5) is 14.5. The van der Waals surface area contributed by atoms with Crippen LogP contribution in [0.25, 0.3) is 0 Å². The predicted molar refractivity (Wildman–Crippen MR) is 72.7 cm³/mol. The number of hydrogen-bond donors (Lipinski definition) is 0. The average Bonchev–Trinajstić information content (AvgIpc) is 2.21. The largest absolute Gasteiger partial charge is 0.341 e. The molecule has 0 aromatic heterocycles. The summed E-state index contributed by atoms with van der Waals surface area (Å²) in [6, 6.07) is 2.28. The molecule has 1 aliphatic rings. The van der Waals surface area contributed by atoms with Crippen molar-refractivity contribution in [1.82, 2.24) is 4.90 Å². The molecule has 0 atom stereocenters. The Hall–Kier alpha value is -1.04. The Kier molecular flexibility index (Phi) is 4.78. The van der Waals surface area contributed by atoms with Crippen LogP contribution in [0.3, 0.4) is 0 Å². The Morgan fingerprint density at radius 3 is 2.00 bits per heavy atom. The molecule has 18 heavy (non-hydrogen) atoms. The molecule has 102 valence electrons. The lowest BCUT2D eigenvalue weighted by atomic mass is 9.62. The van der Waals surface area contributed by atoms with Gasteiger partial charge in [0.05, 0.1) is 6.07 Å². The first-order valence-corrected chi connectivity index (χ1v) is 7.01. The molecule has 3 heteroatoms. The van der Waals surface area contributed by atoms with E-state index in [1.165, 1.54) is 0 Å². The smallest absolute Gasteiger partial charge is 0.243 e. The Morgan fingerprint density at radius 1 is 1.28 bits per heavy atom. The molecule has 0 unspecified atom stereocenters. The molecular formula is C15H26N2O. The van der Waals surface area contributed by atoms with Crippen molar-refractivity contribution in [3.63, 3.8) is 0 Å². The first-order valence-electron chi connectivity index (χ1n) is 7.01. The third-order valence-corrected chi connectivity index (χ3v) is 3.48. The van der Waals surface area contributed by atoms with Crippen LogP contribution in [0.4, 0.5) is 0 Å². The lowest BCUT2D eigenvalue weighted by Gasteiger charge is -2.43. The maximum Gasteiger partial charge on any atom is 0.243 e. The zero-order valence-electron chi connectivity index (χ0n) is 12.4. The second kappa shape index (κ2) is 5.73. The summed E-state index contributed by atoms with van der Waals surface area (Å²) in [5.74, 6) is 1.46. The first kappa shape index (κ1) is 15.0. The highest BCUT2D eigenvalue weighted by Gasteiger charge is 2.50. The summed E-state index contributed by atoms with van der Waals surface area (Å²) in [7, 11) is 0. The lowest BCUT2D eigenvalue weighted by molar-refractivity contribution is -0.146. The second-order valence-electron chi connectivity index (χ2n) is 6.71. The molecule has 0 saturated heterocycles. The van der Waals surface area contributed by atoms with Crippen molar-refractivity contribution in [3.05, 3.63) is 0 Å². The summed E-state index contributed by atoms with van der Waals surface area (Å²) in [6.07, 6.45) is 1.46. The number of nitrogens with zero attached hydrogens (tertiary/aromatic N) is 2. The fourth-order valence-corrected chi connectivity index (χ4v) is 2.87. The van der Waals surface area contributed by atoms with E-state index in [-0.39, 0.29) is 5.91 Å². The molecule has 1 aliphatic carbocycles. The molecule has 1 amide bonds. The van der Waals surface area contributed by atoms with Crippen LogP contribution in [0, 0.1) is 34.5 Å². The maximum atomic E-state index is 12.6. The molecule has 0 radical (unpaired) electrons. The van der Waals surface area contributed by atoms with Gasteiger partial charge >= 0.3 is 0 Å². The van der Waals surface area contributed by atoms with Crippen LogP contribution in [-0.2, 0) is 4.79 Å². The summed E-state index contributed by atoms with van der Waals surface area (Å²) >= 11 is 0. The molecule has 0 bridgehead atoms. The minimum atomic E-state index is -0.719. The van der Waals surface area contributed by atoms with Gasteiger partial charge in [-0.15, -0.1) is 0 Å². The molecule has 1 fully saturated rings. The number of amides is 1. The van der Waals surface area contributed by atoms with Crippen LogP contribution in [0.2, 0.25) is 0 Å². The van der Waals surface area contributed by atoms with Gasteiger partial charge in [-0.05, 0) is 30.6 Å². The number of nitriles is 1. The molecular weight excluding hydrogens is 224 g/mol. The van der Waals surface area contributed by atoms with Gasteiger partial charge in [0.25, 0.3) is 0 Å². The van der Waals surface area contributed by atoms with Crippen molar-refractivity contribution in [2.45, 2.75) is 47.5 Å². The van der Waals surface area contributed by atoms with Gasteiger partial charge in [0, 0.05) is 13.1 Å². The fourth-order valence-electron chi connectivity index (χ4n) is 2.87. The highest BCUT2D eigenvalue weighted by molar-refractivity contribution is 5.86. The van der Waals surface area contributed by atoms with Crippen molar-refractivity contribution >= 4 is 5.91 Å². The molecule has 0 aromatic rings. The van der Waals surface area contributed by atoms with Gasteiger partial charge in [-0.2, -0.15) is 5.26 Å². The van der Waals surface area contributed by atoms with E-state index in [1.807, 2.05) is 4.90 Å². The highest BCUT2D eigenvalue weighted by atomic mass is 16.2. The third kappa shape index (κ3) is 3.25. The van der Waals surface area contributed by atoms with Crippen molar-refractivity contribution < 1.29 is 4.79 Å². The van der Waals surface area contributed by atoms with E-state index < -0.39 is 5.41 Å². The Labute approximate surface area is 111 Å². The van der Waals surface area contributed by atoms with Crippen LogP contribution in [0.15, 0.2) is 0 Å². The highest BCUT2D eigenvalue weighted by Crippen LogP contribution is 2.46. The van der Waals surface area contributed by atoms with Crippen LogP contribution in [0.1, 0.15) is 47.5 Å². The van der Waals surface area contributed by atoms with Crippen LogP contribution >= 0.6 is 0 Å². The molecule has 0 aliphatic heterocycles. The van der Waals surface area contributed by atoms with Gasteiger partial charge in [-0.1, -0.05) is 34.6 Å². The van der Waals surface area contributed by atoms with Gasteiger partial charge in [0.15, 0.2) is 0 Å². The standard InChI is InChI=1S/C15H26N2O/c1-11(2)8-17(9-12(3)4)14(18)15(10-16)6-13(5)7-15/h11-13H,6-9H2,1-5H3. The summed E-state index contributed by atoms with van der Waals surface area (Å²) in [5.41, 5.74) is -0.719. The molecule has 3 nitrogen and oxygen atoms in total. The van der Waals surface area contributed by atoms with Gasteiger partial charge in [0.1, 0.15) is 5.41 Å². The number of carbonyl (C=O) groups excluding carboxylic acids is 1. The molecule has 0 N–H and O–H groups in total. The number of hydrogen-bond acceptors (Lipinski definition) is 2. The topological polar surface area (TPSA) is 44.1 Å². The van der Waals surface area contributed by atoms with Crippen LogP contribution in [-0.4, -0.2) is 23.9 Å². The minimum Gasteiger partial charge on any atom is -0.341 e. The van der Waals surface area contributed by atoms with Crippen molar-refractivity contribution in [2.75, 3.05) is 13.1 Å². The van der Waals surface area contributed by atoms with E-state index in [0.717, 1.165) is 25.9 Å². The average molecular weight is 250 g/mol. The molecule has 1 saturated carbocycles. The lowest BCUT2D eigenvalue weighted by Crippen LogP contribution is -2.51. The van der Waals surface area contributed by atoms with Crippen molar-refractivity contribution in [1.29, 1.82) is 5.26 Å². The zero-order chi connectivity index (χ0) is 13.9. The normalized spacial score (nSPS) is 26.9. The van der Waals surface area contributed by atoms with E-state index >= 15 is 0 Å². The van der Waals surface area contributed by atoms with Crippen LogP contribution in [0.5, 0.6) is 0 Å². The molecule has 0 heterocycles. The summed E-state index contributed by atoms with van der Waals surface area (Å²) in [6.45, 7) is 12.1. The number of rotatable bonds is 5. The SMILES string of the molecule is CC(C)CN(CC(C)C)C(=O)C1(C#N)CC(C)C1. The van der Waals surface area contributed by atoms with E-state index in [1.54, 1.807) is 0 Å². The van der Waals surface area contributed by atoms with E-state index in [2.05, 4.69) is 40.7 Å². The summed E-state index contributed by atoms with van der Waals surface area (Å²) in [5, 5.41) is 9.34. The molecule has 1 rings (SSSR count). The zero-order valence-corrected chi connectivity index (χ0v) is 12.4.